The van der Waals surface area contributed by atoms with Gasteiger partial charge >= 0.3 is 6.03 Å². The topological polar surface area (TPSA) is 66.5 Å². The van der Waals surface area contributed by atoms with Crippen molar-refractivity contribution in [2.45, 2.75) is 32.7 Å². The molecule has 0 radical (unpaired) electrons. The van der Waals surface area contributed by atoms with Crippen LogP contribution in [0.1, 0.15) is 38.3 Å². The first-order valence-corrected chi connectivity index (χ1v) is 7.68. The van der Waals surface area contributed by atoms with Gasteiger partial charge in [-0.1, -0.05) is 41.4 Å². The van der Waals surface area contributed by atoms with Crippen molar-refractivity contribution < 1.29 is 14.4 Å². The van der Waals surface area contributed by atoms with Crippen molar-refractivity contribution in [2.24, 2.45) is 5.92 Å². The first-order valence-electron chi connectivity index (χ1n) is 6.89. The molecule has 0 aliphatic carbocycles. The average Bonchev–Trinajstić information content (AvgIpc) is 2.44. The summed E-state index contributed by atoms with van der Waals surface area (Å²) >= 11 is 3.35. The summed E-state index contributed by atoms with van der Waals surface area (Å²) in [5.41, 5.74) is 0.839. The lowest BCUT2D eigenvalue weighted by Crippen LogP contribution is -2.58. The van der Waals surface area contributed by atoms with E-state index in [1.165, 1.54) is 0 Å². The summed E-state index contributed by atoms with van der Waals surface area (Å²) in [5, 5.41) is 2.27. The monoisotopic (exact) mass is 352 g/mol. The van der Waals surface area contributed by atoms with Gasteiger partial charge in [0.05, 0.1) is 6.04 Å². The molecular weight excluding hydrogens is 336 g/mol. The van der Waals surface area contributed by atoms with Crippen molar-refractivity contribution in [3.8, 4) is 0 Å². The van der Waals surface area contributed by atoms with Crippen LogP contribution in [0.2, 0.25) is 0 Å². The van der Waals surface area contributed by atoms with E-state index in [0.717, 1.165) is 14.9 Å². The van der Waals surface area contributed by atoms with Gasteiger partial charge in [0.25, 0.3) is 0 Å². The number of hydrogen-bond donors (Lipinski definition) is 1. The minimum atomic E-state index is -0.773. The minimum Gasteiger partial charge on any atom is -0.277 e. The van der Waals surface area contributed by atoms with Gasteiger partial charge < -0.3 is 0 Å². The third kappa shape index (κ3) is 3.15. The molecule has 5 nitrogen and oxygen atoms in total. The van der Waals surface area contributed by atoms with Crippen molar-refractivity contribution in [2.75, 3.05) is 0 Å². The molecule has 0 aromatic heterocycles. The molecule has 2 rings (SSSR count). The van der Waals surface area contributed by atoms with Gasteiger partial charge in [0.2, 0.25) is 11.8 Å². The Balaban J connectivity index is 2.27. The molecular formula is C15H17BrN2O3. The first-order chi connectivity index (χ1) is 9.95. The molecule has 1 saturated heterocycles. The van der Waals surface area contributed by atoms with Crippen molar-refractivity contribution >= 4 is 33.8 Å². The van der Waals surface area contributed by atoms with Crippen LogP contribution < -0.4 is 5.32 Å². The molecule has 0 bridgehead atoms. The molecule has 6 heteroatoms. The molecule has 4 amide bonds. The fraction of sp³-hybridized carbons (Fsp3) is 0.400. The Labute approximate surface area is 131 Å². The highest BCUT2D eigenvalue weighted by Crippen LogP contribution is 2.27. The zero-order chi connectivity index (χ0) is 15.6. The number of hydrogen-bond acceptors (Lipinski definition) is 3. The maximum Gasteiger partial charge on any atom is 0.331 e. The van der Waals surface area contributed by atoms with Crippen LogP contribution in [-0.2, 0) is 9.59 Å². The highest BCUT2D eigenvalue weighted by molar-refractivity contribution is 9.10. The van der Waals surface area contributed by atoms with Crippen LogP contribution in [0.4, 0.5) is 4.79 Å². The van der Waals surface area contributed by atoms with Crippen LogP contribution in [0, 0.1) is 5.92 Å². The summed E-state index contributed by atoms with van der Waals surface area (Å²) in [7, 11) is 0. The van der Waals surface area contributed by atoms with E-state index in [9.17, 15) is 14.4 Å². The summed E-state index contributed by atoms with van der Waals surface area (Å²) in [6.45, 7) is 3.68. The second-order valence-electron chi connectivity index (χ2n) is 5.07. The molecule has 0 saturated carbocycles. The number of barbiturate groups is 1. The van der Waals surface area contributed by atoms with Crippen LogP contribution in [0.5, 0.6) is 0 Å². The van der Waals surface area contributed by atoms with E-state index in [-0.39, 0.29) is 0 Å². The number of benzene rings is 1. The Morgan fingerprint density at radius 2 is 1.86 bits per heavy atom. The number of halogens is 1. The molecule has 1 aromatic rings. The minimum absolute atomic E-state index is 0.416. The largest absolute Gasteiger partial charge is 0.331 e. The van der Waals surface area contributed by atoms with E-state index in [4.69, 9.17) is 0 Å². The highest BCUT2D eigenvalue weighted by atomic mass is 79.9. The van der Waals surface area contributed by atoms with E-state index in [0.29, 0.717) is 12.8 Å². The third-order valence-corrected chi connectivity index (χ3v) is 4.15. The molecule has 1 N–H and O–H groups in total. The standard InChI is InChI=1S/C15H17BrN2O3/c1-3-4-12-13(19)17-15(21)18(14(12)20)9(2)10-5-7-11(16)8-6-10/h5-9,12H,3-4H2,1-2H3,(H,17,19,21). The third-order valence-electron chi connectivity index (χ3n) is 3.62. The van der Waals surface area contributed by atoms with Gasteiger partial charge in [-0.2, -0.15) is 0 Å². The normalized spacial score (nSPS) is 20.4. The Kier molecular flexibility index (Phi) is 4.77. The van der Waals surface area contributed by atoms with Gasteiger partial charge in [-0.05, 0) is 31.0 Å². The molecule has 112 valence electrons. The number of urea groups is 1. The predicted molar refractivity (Wildman–Crippen MR) is 81.3 cm³/mol. The molecule has 2 unspecified atom stereocenters. The molecule has 1 heterocycles. The Morgan fingerprint density at radius 1 is 1.24 bits per heavy atom. The van der Waals surface area contributed by atoms with E-state index < -0.39 is 29.8 Å². The van der Waals surface area contributed by atoms with Crippen molar-refractivity contribution in [3.05, 3.63) is 34.3 Å². The zero-order valence-corrected chi connectivity index (χ0v) is 13.5. The summed E-state index contributed by atoms with van der Waals surface area (Å²) in [4.78, 5) is 37.4. The van der Waals surface area contributed by atoms with Crippen molar-refractivity contribution in [1.29, 1.82) is 0 Å². The predicted octanol–water partition coefficient (Wildman–Crippen LogP) is 3.00. The van der Waals surface area contributed by atoms with Crippen LogP contribution in [-0.4, -0.2) is 22.7 Å². The maximum absolute atomic E-state index is 12.5. The number of imide groups is 2. The Bertz CT molecular complexity index is 571. The maximum atomic E-state index is 12.5. The number of nitrogens with one attached hydrogen (secondary N) is 1. The van der Waals surface area contributed by atoms with Gasteiger partial charge in [-0.15, -0.1) is 0 Å². The molecule has 1 aliphatic heterocycles. The second kappa shape index (κ2) is 6.39. The highest BCUT2D eigenvalue weighted by Gasteiger charge is 2.42. The number of amides is 4. The number of nitrogens with zero attached hydrogens (tertiary/aromatic N) is 1. The fourth-order valence-corrected chi connectivity index (χ4v) is 2.70. The van der Waals surface area contributed by atoms with E-state index in [1.54, 1.807) is 6.92 Å². The van der Waals surface area contributed by atoms with Crippen molar-refractivity contribution in [1.82, 2.24) is 10.2 Å². The summed E-state index contributed by atoms with van der Waals surface area (Å²) in [6.07, 6.45) is 1.15. The van der Waals surface area contributed by atoms with E-state index >= 15 is 0 Å². The van der Waals surface area contributed by atoms with Gasteiger partial charge in [0, 0.05) is 4.47 Å². The van der Waals surface area contributed by atoms with Crippen LogP contribution >= 0.6 is 15.9 Å². The zero-order valence-electron chi connectivity index (χ0n) is 11.9. The quantitative estimate of drug-likeness (QED) is 0.847. The molecule has 1 aromatic carbocycles. The molecule has 1 aliphatic rings. The first kappa shape index (κ1) is 15.7. The number of rotatable bonds is 4. The smallest absolute Gasteiger partial charge is 0.277 e. The molecule has 2 atom stereocenters. The van der Waals surface area contributed by atoms with E-state index in [2.05, 4.69) is 21.2 Å². The Morgan fingerprint density at radius 3 is 2.43 bits per heavy atom. The van der Waals surface area contributed by atoms with Gasteiger partial charge in [0.1, 0.15) is 5.92 Å². The Hall–Kier alpha value is -1.69. The number of carbonyl (C=O) groups is 3. The summed E-state index contributed by atoms with van der Waals surface area (Å²) < 4.78 is 0.923. The van der Waals surface area contributed by atoms with Crippen LogP contribution in [0.15, 0.2) is 28.7 Å². The van der Waals surface area contributed by atoms with Gasteiger partial charge in [-0.3, -0.25) is 19.8 Å². The van der Waals surface area contributed by atoms with Crippen molar-refractivity contribution in [3.63, 3.8) is 0 Å². The van der Waals surface area contributed by atoms with Crippen LogP contribution in [0.25, 0.3) is 0 Å². The lowest BCUT2D eigenvalue weighted by molar-refractivity contribution is -0.144. The van der Waals surface area contributed by atoms with Crippen LogP contribution in [0.3, 0.4) is 0 Å². The molecule has 1 fully saturated rings. The lowest BCUT2D eigenvalue weighted by atomic mass is 9.97. The second-order valence-corrected chi connectivity index (χ2v) is 5.99. The number of carbonyl (C=O) groups excluding carboxylic acids is 3. The van der Waals surface area contributed by atoms with Gasteiger partial charge in [-0.25, -0.2) is 4.79 Å². The molecule has 0 spiro atoms. The SMILES string of the molecule is CCCC1C(=O)NC(=O)N(C(C)c2ccc(Br)cc2)C1=O. The van der Waals surface area contributed by atoms with Gasteiger partial charge in [0.15, 0.2) is 0 Å². The average molecular weight is 353 g/mol. The lowest BCUT2D eigenvalue weighted by Gasteiger charge is -2.34. The fourth-order valence-electron chi connectivity index (χ4n) is 2.43. The summed E-state index contributed by atoms with van der Waals surface area (Å²) in [5.74, 6) is -1.68. The summed E-state index contributed by atoms with van der Waals surface area (Å²) in [6, 6.07) is 6.34. The van der Waals surface area contributed by atoms with E-state index in [1.807, 2.05) is 31.2 Å². The molecule has 21 heavy (non-hydrogen) atoms.